The van der Waals surface area contributed by atoms with Crippen molar-refractivity contribution < 1.29 is 17.6 Å². The van der Waals surface area contributed by atoms with Gasteiger partial charge in [-0.3, -0.25) is 9.52 Å². The van der Waals surface area contributed by atoms with Crippen LogP contribution in [0.1, 0.15) is 61.7 Å². The van der Waals surface area contributed by atoms with Gasteiger partial charge in [0.1, 0.15) is 11.3 Å². The quantitative estimate of drug-likeness (QED) is 0.368. The molecule has 3 aromatic carbocycles. The lowest BCUT2D eigenvalue weighted by atomic mass is 9.76. The van der Waals surface area contributed by atoms with Crippen LogP contribution in [0, 0.1) is 5.41 Å². The third-order valence-corrected chi connectivity index (χ3v) is 7.81. The molecule has 5 rings (SSSR count). The number of ketones is 1. The molecule has 170 valence electrons. The summed E-state index contributed by atoms with van der Waals surface area (Å²) in [6, 6.07) is 16.2. The van der Waals surface area contributed by atoms with E-state index in [0.29, 0.717) is 46.7 Å². The van der Waals surface area contributed by atoms with Crippen molar-refractivity contribution in [2.45, 2.75) is 51.3 Å². The summed E-state index contributed by atoms with van der Waals surface area (Å²) < 4.78 is 35.5. The van der Waals surface area contributed by atoms with Crippen LogP contribution >= 0.6 is 0 Å². The van der Waals surface area contributed by atoms with Crippen LogP contribution in [0.2, 0.25) is 0 Å². The minimum absolute atomic E-state index is 0.0355. The van der Waals surface area contributed by atoms with Crippen molar-refractivity contribution in [1.82, 2.24) is 0 Å². The lowest BCUT2D eigenvalue weighted by Crippen LogP contribution is -2.25. The zero-order valence-corrected chi connectivity index (χ0v) is 20.0. The first kappa shape index (κ1) is 21.7. The van der Waals surface area contributed by atoms with Crippen molar-refractivity contribution in [3.8, 4) is 0 Å². The molecule has 33 heavy (non-hydrogen) atoms. The third kappa shape index (κ3) is 3.72. The number of carbonyl (C=O) groups excluding carboxylic acids is 1. The third-order valence-electron chi connectivity index (χ3n) is 6.43. The molecule has 0 saturated heterocycles. The van der Waals surface area contributed by atoms with Crippen molar-refractivity contribution in [1.29, 1.82) is 0 Å². The maximum absolute atomic E-state index is 13.2. The van der Waals surface area contributed by atoms with E-state index in [1.54, 1.807) is 18.2 Å². The zero-order valence-electron chi connectivity index (χ0n) is 19.2. The van der Waals surface area contributed by atoms with Crippen molar-refractivity contribution in [3.05, 3.63) is 71.5 Å². The highest BCUT2D eigenvalue weighted by Gasteiger charge is 2.36. The standard InChI is InChI=1S/C27H27NO4S/c1-16(2)17-9-11-18(12-10-17)33(30,31)28-22-13-21-25-23(29)14-27(3,4)15-24(25)32-26(21)20-8-6-5-7-19(20)22/h5-13,16,28H,14-15H2,1-4H3. The predicted octanol–water partition coefficient (Wildman–Crippen LogP) is 6.67. The minimum Gasteiger partial charge on any atom is -0.460 e. The first-order valence-corrected chi connectivity index (χ1v) is 12.7. The Balaban J connectivity index is 1.67. The molecule has 0 fully saturated rings. The molecule has 0 aliphatic heterocycles. The molecule has 6 heteroatoms. The second kappa shape index (κ2) is 7.45. The Labute approximate surface area is 193 Å². The van der Waals surface area contributed by atoms with E-state index in [1.807, 2.05) is 36.4 Å². The van der Waals surface area contributed by atoms with Gasteiger partial charge in [0.15, 0.2) is 5.78 Å². The first-order chi connectivity index (χ1) is 15.6. The van der Waals surface area contributed by atoms with Crippen molar-refractivity contribution in [2.24, 2.45) is 5.41 Å². The van der Waals surface area contributed by atoms with Crippen LogP contribution in [0.3, 0.4) is 0 Å². The number of carbonyl (C=O) groups is 1. The Bertz CT molecular complexity index is 1510. The molecule has 0 atom stereocenters. The molecule has 1 aromatic heterocycles. The Morgan fingerprint density at radius 1 is 0.939 bits per heavy atom. The molecular weight excluding hydrogens is 434 g/mol. The number of Topliss-reactive ketones (excluding diaryl/α,β-unsaturated/α-hetero) is 1. The molecule has 1 aliphatic rings. The Kier molecular flexibility index (Phi) is 4.90. The number of nitrogens with one attached hydrogen (secondary N) is 1. The molecule has 0 saturated carbocycles. The van der Waals surface area contributed by atoms with E-state index in [-0.39, 0.29) is 16.1 Å². The fourth-order valence-corrected chi connectivity index (χ4v) is 5.81. The largest absolute Gasteiger partial charge is 0.460 e. The maximum atomic E-state index is 13.2. The Morgan fingerprint density at radius 2 is 1.61 bits per heavy atom. The highest BCUT2D eigenvalue weighted by atomic mass is 32.2. The van der Waals surface area contributed by atoms with Gasteiger partial charge in [-0.1, -0.05) is 64.1 Å². The van der Waals surface area contributed by atoms with E-state index in [4.69, 9.17) is 4.42 Å². The molecule has 1 N–H and O–H groups in total. The second-order valence-corrected chi connectivity index (χ2v) is 11.7. The van der Waals surface area contributed by atoms with Crippen LogP contribution in [0.4, 0.5) is 5.69 Å². The van der Waals surface area contributed by atoms with E-state index < -0.39 is 10.0 Å². The van der Waals surface area contributed by atoms with Gasteiger partial charge in [-0.05, 0) is 35.1 Å². The molecule has 0 radical (unpaired) electrons. The van der Waals surface area contributed by atoms with Crippen LogP contribution in [-0.2, 0) is 16.4 Å². The molecule has 4 aromatic rings. The summed E-state index contributed by atoms with van der Waals surface area (Å²) >= 11 is 0. The highest BCUT2D eigenvalue weighted by molar-refractivity contribution is 7.92. The number of fused-ring (bicyclic) bond motifs is 5. The lowest BCUT2D eigenvalue weighted by Gasteiger charge is -2.27. The second-order valence-electron chi connectivity index (χ2n) is 10.0. The van der Waals surface area contributed by atoms with Crippen LogP contribution in [0.25, 0.3) is 21.7 Å². The van der Waals surface area contributed by atoms with Gasteiger partial charge in [0.05, 0.1) is 16.1 Å². The molecule has 0 spiro atoms. The predicted molar refractivity (Wildman–Crippen MR) is 131 cm³/mol. The maximum Gasteiger partial charge on any atom is 0.261 e. The molecule has 1 heterocycles. The zero-order chi connectivity index (χ0) is 23.5. The Morgan fingerprint density at radius 3 is 2.27 bits per heavy atom. The summed E-state index contributed by atoms with van der Waals surface area (Å²) in [5, 5.41) is 2.17. The summed E-state index contributed by atoms with van der Waals surface area (Å²) in [5.74, 6) is 1.03. The highest BCUT2D eigenvalue weighted by Crippen LogP contribution is 2.43. The number of furan rings is 1. The number of anilines is 1. The summed E-state index contributed by atoms with van der Waals surface area (Å²) in [6.45, 7) is 8.25. The van der Waals surface area contributed by atoms with Gasteiger partial charge in [-0.25, -0.2) is 8.42 Å². The van der Waals surface area contributed by atoms with E-state index >= 15 is 0 Å². The number of sulfonamides is 1. The number of rotatable bonds is 4. The van der Waals surface area contributed by atoms with Crippen LogP contribution < -0.4 is 4.72 Å². The van der Waals surface area contributed by atoms with Gasteiger partial charge in [-0.15, -0.1) is 0 Å². The number of benzene rings is 3. The van der Waals surface area contributed by atoms with Crippen LogP contribution in [-0.4, -0.2) is 14.2 Å². The van der Waals surface area contributed by atoms with Gasteiger partial charge in [0.2, 0.25) is 0 Å². The number of hydrogen-bond acceptors (Lipinski definition) is 4. The van der Waals surface area contributed by atoms with Gasteiger partial charge in [0.25, 0.3) is 10.0 Å². The summed E-state index contributed by atoms with van der Waals surface area (Å²) in [5.41, 5.74) is 2.56. The van der Waals surface area contributed by atoms with E-state index in [9.17, 15) is 13.2 Å². The number of hydrogen-bond donors (Lipinski definition) is 1. The SMILES string of the molecule is CC(C)c1ccc(S(=O)(=O)Nc2cc3c4c(oc3c3ccccc23)CC(C)(C)CC4=O)cc1. The fourth-order valence-electron chi connectivity index (χ4n) is 4.74. The van der Waals surface area contributed by atoms with Crippen molar-refractivity contribution in [2.75, 3.05) is 4.72 Å². The van der Waals surface area contributed by atoms with Crippen molar-refractivity contribution in [3.63, 3.8) is 0 Å². The molecule has 1 aliphatic carbocycles. The summed E-state index contributed by atoms with van der Waals surface area (Å²) in [6.07, 6.45) is 1.10. The molecule has 0 bridgehead atoms. The molecule has 5 nitrogen and oxygen atoms in total. The average molecular weight is 462 g/mol. The monoisotopic (exact) mass is 461 g/mol. The van der Waals surface area contributed by atoms with Gasteiger partial charge in [-0.2, -0.15) is 0 Å². The van der Waals surface area contributed by atoms with E-state index in [0.717, 1.165) is 16.3 Å². The average Bonchev–Trinajstić information content (AvgIpc) is 3.11. The fraction of sp³-hybridized carbons (Fsp3) is 0.296. The van der Waals surface area contributed by atoms with Gasteiger partial charge < -0.3 is 4.42 Å². The Hall–Kier alpha value is -3.12. The summed E-state index contributed by atoms with van der Waals surface area (Å²) in [7, 11) is -3.82. The molecule has 0 amide bonds. The lowest BCUT2D eigenvalue weighted by molar-refractivity contribution is 0.0906. The van der Waals surface area contributed by atoms with Gasteiger partial charge in [0, 0.05) is 29.0 Å². The van der Waals surface area contributed by atoms with Crippen LogP contribution in [0.5, 0.6) is 0 Å². The normalized spacial score (nSPS) is 15.8. The van der Waals surface area contributed by atoms with Crippen LogP contribution in [0.15, 0.2) is 63.9 Å². The van der Waals surface area contributed by atoms with E-state index in [2.05, 4.69) is 32.4 Å². The topological polar surface area (TPSA) is 76.4 Å². The van der Waals surface area contributed by atoms with Gasteiger partial charge >= 0.3 is 0 Å². The van der Waals surface area contributed by atoms with Crippen molar-refractivity contribution >= 4 is 43.2 Å². The smallest absolute Gasteiger partial charge is 0.261 e. The molecular formula is C27H27NO4S. The van der Waals surface area contributed by atoms with E-state index in [1.165, 1.54) is 0 Å². The molecule has 0 unspecified atom stereocenters. The minimum atomic E-state index is -3.82. The summed E-state index contributed by atoms with van der Waals surface area (Å²) in [4.78, 5) is 13.2. The first-order valence-electron chi connectivity index (χ1n) is 11.2.